The first-order chi connectivity index (χ1) is 10.7. The minimum atomic E-state index is 0.213. The third-order valence-electron chi connectivity index (χ3n) is 4.03. The van der Waals surface area contributed by atoms with E-state index in [9.17, 15) is 4.79 Å². The van der Waals surface area contributed by atoms with Gasteiger partial charge in [-0.1, -0.05) is 6.92 Å². The highest BCUT2D eigenvalue weighted by Crippen LogP contribution is 2.17. The van der Waals surface area contributed by atoms with Crippen molar-refractivity contribution in [1.82, 2.24) is 19.9 Å². The van der Waals surface area contributed by atoms with Crippen molar-refractivity contribution in [3.05, 3.63) is 24.7 Å². The van der Waals surface area contributed by atoms with Crippen molar-refractivity contribution in [2.24, 2.45) is 5.92 Å². The van der Waals surface area contributed by atoms with Crippen LogP contribution in [0.3, 0.4) is 0 Å². The number of aromatic nitrogens is 3. The Bertz CT molecular complexity index is 655. The van der Waals surface area contributed by atoms with Gasteiger partial charge in [0.25, 0.3) is 0 Å². The number of rotatable bonds is 4. The molecule has 2 aromatic heterocycles. The molecule has 6 nitrogen and oxygen atoms in total. The zero-order chi connectivity index (χ0) is 15.4. The molecule has 1 saturated heterocycles. The number of nitrogens with zero attached hydrogens (tertiary/aromatic N) is 4. The highest BCUT2D eigenvalue weighted by atomic mass is 16.2. The number of amides is 1. The molecule has 3 heterocycles. The third kappa shape index (κ3) is 3.32. The lowest BCUT2D eigenvalue weighted by Crippen LogP contribution is -2.39. The van der Waals surface area contributed by atoms with E-state index in [2.05, 4.69) is 27.2 Å². The van der Waals surface area contributed by atoms with Crippen molar-refractivity contribution >= 4 is 22.8 Å². The van der Waals surface area contributed by atoms with Crippen LogP contribution in [0, 0.1) is 5.92 Å². The molecule has 1 aliphatic rings. The molecule has 0 spiro atoms. The van der Waals surface area contributed by atoms with Crippen LogP contribution >= 0.6 is 0 Å². The van der Waals surface area contributed by atoms with Gasteiger partial charge < -0.3 is 10.2 Å². The van der Waals surface area contributed by atoms with Crippen LogP contribution < -0.4 is 5.32 Å². The van der Waals surface area contributed by atoms with Gasteiger partial charge in [0.1, 0.15) is 5.52 Å². The molecule has 22 heavy (non-hydrogen) atoms. The van der Waals surface area contributed by atoms with E-state index in [1.807, 2.05) is 11.0 Å². The van der Waals surface area contributed by atoms with Gasteiger partial charge >= 0.3 is 0 Å². The molecular weight excluding hydrogens is 278 g/mol. The molecule has 1 fully saturated rings. The summed E-state index contributed by atoms with van der Waals surface area (Å²) in [6.07, 6.45) is 7.82. The summed E-state index contributed by atoms with van der Waals surface area (Å²) in [5.41, 5.74) is 1.54. The normalized spacial score (nSPS) is 18.4. The molecule has 0 bridgehead atoms. The minimum absolute atomic E-state index is 0.213. The van der Waals surface area contributed by atoms with E-state index in [0.29, 0.717) is 24.7 Å². The number of pyridine rings is 1. The fraction of sp³-hybridized carbons (Fsp3) is 0.500. The maximum absolute atomic E-state index is 12.2. The van der Waals surface area contributed by atoms with Crippen LogP contribution in [0.4, 0.5) is 5.82 Å². The number of likely N-dealkylation sites (tertiary alicyclic amines) is 1. The second-order valence-corrected chi connectivity index (χ2v) is 5.85. The Morgan fingerprint density at radius 1 is 1.32 bits per heavy atom. The Balaban J connectivity index is 1.57. The second kappa shape index (κ2) is 6.68. The van der Waals surface area contributed by atoms with Gasteiger partial charge in [0.05, 0.1) is 5.52 Å². The number of anilines is 1. The molecule has 0 radical (unpaired) electrons. The lowest BCUT2D eigenvalue weighted by Gasteiger charge is -2.31. The summed E-state index contributed by atoms with van der Waals surface area (Å²) in [5, 5.41) is 3.21. The number of nitrogens with one attached hydrogen (secondary N) is 1. The van der Waals surface area contributed by atoms with E-state index in [4.69, 9.17) is 0 Å². The first-order valence-electron chi connectivity index (χ1n) is 7.81. The number of fused-ring (bicyclic) bond motifs is 1. The summed E-state index contributed by atoms with van der Waals surface area (Å²) in [6, 6.07) is 1.83. The maximum Gasteiger partial charge on any atom is 0.224 e. The zero-order valence-corrected chi connectivity index (χ0v) is 12.8. The molecule has 1 atom stereocenters. The summed E-state index contributed by atoms with van der Waals surface area (Å²) in [4.78, 5) is 27.0. The van der Waals surface area contributed by atoms with Crippen molar-refractivity contribution in [3.8, 4) is 0 Å². The topological polar surface area (TPSA) is 71.0 Å². The van der Waals surface area contributed by atoms with Crippen LogP contribution in [0.1, 0.15) is 26.2 Å². The zero-order valence-electron chi connectivity index (χ0n) is 12.8. The van der Waals surface area contributed by atoms with Gasteiger partial charge in [0.15, 0.2) is 5.82 Å². The van der Waals surface area contributed by atoms with Crippen LogP contribution in [-0.2, 0) is 4.79 Å². The second-order valence-electron chi connectivity index (χ2n) is 5.85. The summed E-state index contributed by atoms with van der Waals surface area (Å²) < 4.78 is 0. The molecule has 3 rings (SSSR count). The number of hydrogen-bond acceptors (Lipinski definition) is 5. The van der Waals surface area contributed by atoms with Gasteiger partial charge in [-0.2, -0.15) is 0 Å². The molecule has 0 aliphatic carbocycles. The minimum Gasteiger partial charge on any atom is -0.368 e. The van der Waals surface area contributed by atoms with Crippen LogP contribution in [0.5, 0.6) is 0 Å². The monoisotopic (exact) mass is 299 g/mol. The Labute approximate surface area is 130 Å². The number of carbonyl (C=O) groups is 1. The largest absolute Gasteiger partial charge is 0.368 e. The van der Waals surface area contributed by atoms with Crippen molar-refractivity contribution in [3.63, 3.8) is 0 Å². The maximum atomic E-state index is 12.2. The molecule has 1 amide bonds. The summed E-state index contributed by atoms with van der Waals surface area (Å²) >= 11 is 0. The van der Waals surface area contributed by atoms with Crippen molar-refractivity contribution in [2.45, 2.75) is 26.2 Å². The predicted molar refractivity (Wildman–Crippen MR) is 85.4 cm³/mol. The molecule has 2 aromatic rings. The van der Waals surface area contributed by atoms with Gasteiger partial charge in [-0.15, -0.1) is 0 Å². The predicted octanol–water partition coefficient (Wildman–Crippen LogP) is 2.09. The standard InChI is InChI=1S/C16H21N5O/c1-12-3-2-10-21(11-12)14(22)5-7-20-16-15-13(4-6-19-16)17-8-9-18-15/h4,6,8-9,12H,2-3,5,7,10-11H2,1H3,(H,19,20). The van der Waals surface area contributed by atoms with Gasteiger partial charge in [-0.05, 0) is 24.8 Å². The van der Waals surface area contributed by atoms with Gasteiger partial charge in [0, 0.05) is 44.6 Å². The average molecular weight is 299 g/mol. The summed E-state index contributed by atoms with van der Waals surface area (Å²) in [6.45, 7) is 4.54. The number of piperidine rings is 1. The Hall–Kier alpha value is -2.24. The highest BCUT2D eigenvalue weighted by Gasteiger charge is 2.20. The Morgan fingerprint density at radius 3 is 3.05 bits per heavy atom. The SMILES string of the molecule is CC1CCCN(C(=O)CCNc2nccc3nccnc23)C1. The summed E-state index contributed by atoms with van der Waals surface area (Å²) in [5.74, 6) is 1.51. The molecule has 116 valence electrons. The first kappa shape index (κ1) is 14.7. The molecular formula is C16H21N5O. The van der Waals surface area contributed by atoms with Crippen LogP contribution in [0.25, 0.3) is 11.0 Å². The molecule has 1 aliphatic heterocycles. The van der Waals surface area contributed by atoms with Crippen molar-refractivity contribution in [2.75, 3.05) is 25.0 Å². The average Bonchev–Trinajstić information content (AvgIpc) is 2.55. The number of hydrogen-bond donors (Lipinski definition) is 1. The van der Waals surface area contributed by atoms with E-state index in [-0.39, 0.29) is 5.91 Å². The molecule has 0 saturated carbocycles. The van der Waals surface area contributed by atoms with E-state index < -0.39 is 0 Å². The van der Waals surface area contributed by atoms with Gasteiger partial charge in [0.2, 0.25) is 5.91 Å². The Morgan fingerprint density at radius 2 is 2.18 bits per heavy atom. The Kier molecular flexibility index (Phi) is 4.46. The lowest BCUT2D eigenvalue weighted by molar-refractivity contribution is -0.132. The van der Waals surface area contributed by atoms with E-state index in [1.54, 1.807) is 18.6 Å². The highest BCUT2D eigenvalue weighted by molar-refractivity contribution is 5.84. The lowest BCUT2D eigenvalue weighted by atomic mass is 10.00. The number of carbonyl (C=O) groups excluding carboxylic acids is 1. The smallest absolute Gasteiger partial charge is 0.224 e. The molecule has 0 aromatic carbocycles. The first-order valence-corrected chi connectivity index (χ1v) is 7.81. The summed E-state index contributed by atoms with van der Waals surface area (Å²) in [7, 11) is 0. The van der Waals surface area contributed by atoms with E-state index in [0.717, 1.165) is 30.5 Å². The van der Waals surface area contributed by atoms with Crippen LogP contribution in [-0.4, -0.2) is 45.4 Å². The van der Waals surface area contributed by atoms with E-state index in [1.165, 1.54) is 6.42 Å². The van der Waals surface area contributed by atoms with Crippen molar-refractivity contribution < 1.29 is 4.79 Å². The van der Waals surface area contributed by atoms with Crippen molar-refractivity contribution in [1.29, 1.82) is 0 Å². The molecule has 6 heteroatoms. The quantitative estimate of drug-likeness (QED) is 0.936. The fourth-order valence-corrected chi connectivity index (χ4v) is 2.89. The molecule has 1 N–H and O–H groups in total. The van der Waals surface area contributed by atoms with Gasteiger partial charge in [-0.25, -0.2) is 9.97 Å². The van der Waals surface area contributed by atoms with E-state index >= 15 is 0 Å². The van der Waals surface area contributed by atoms with Crippen LogP contribution in [0.2, 0.25) is 0 Å². The molecule has 1 unspecified atom stereocenters. The van der Waals surface area contributed by atoms with Crippen LogP contribution in [0.15, 0.2) is 24.7 Å². The fourth-order valence-electron chi connectivity index (χ4n) is 2.89. The third-order valence-corrected chi connectivity index (χ3v) is 4.03. The van der Waals surface area contributed by atoms with Gasteiger partial charge in [-0.3, -0.25) is 9.78 Å².